The lowest BCUT2D eigenvalue weighted by Gasteiger charge is -2.13. The summed E-state index contributed by atoms with van der Waals surface area (Å²) in [4.78, 5) is 12.7. The van der Waals surface area contributed by atoms with Crippen LogP contribution in [0.3, 0.4) is 0 Å². The molecule has 0 aliphatic heterocycles. The van der Waals surface area contributed by atoms with Crippen LogP contribution in [0, 0.1) is 0 Å². The van der Waals surface area contributed by atoms with Crippen LogP contribution < -0.4 is 23.7 Å². The van der Waals surface area contributed by atoms with Crippen molar-refractivity contribution in [1.29, 1.82) is 0 Å². The first-order valence-electron chi connectivity index (χ1n) is 11.2. The van der Waals surface area contributed by atoms with Crippen molar-refractivity contribution in [3.05, 3.63) is 86.9 Å². The van der Waals surface area contributed by atoms with Gasteiger partial charge in [0.05, 0.1) is 45.6 Å². The number of carbonyl (C=O) groups excluding carboxylic acids is 1. The van der Waals surface area contributed by atoms with Gasteiger partial charge in [-0.15, -0.1) is 0 Å². The summed E-state index contributed by atoms with van der Waals surface area (Å²) in [6.07, 6.45) is 7.63. The normalized spacial score (nSPS) is 11.1. The summed E-state index contributed by atoms with van der Waals surface area (Å²) in [7, 11) is 7.78. The van der Waals surface area contributed by atoms with Crippen molar-refractivity contribution in [3.8, 4) is 28.7 Å². The molecule has 0 atom stereocenters. The Labute approximate surface area is 227 Å². The highest BCUT2D eigenvalue weighted by molar-refractivity contribution is 6.32. The van der Waals surface area contributed by atoms with Gasteiger partial charge in [0.25, 0.3) is 0 Å². The summed E-state index contributed by atoms with van der Waals surface area (Å²) in [6.45, 7) is 0. The van der Waals surface area contributed by atoms with Crippen molar-refractivity contribution in [2.24, 2.45) is 0 Å². The molecule has 0 radical (unpaired) electrons. The minimum Gasteiger partial charge on any atom is -0.495 e. The number of halogens is 2. The van der Waals surface area contributed by atoms with E-state index in [9.17, 15) is 4.79 Å². The van der Waals surface area contributed by atoms with E-state index in [0.29, 0.717) is 50.8 Å². The van der Waals surface area contributed by atoms with Crippen LogP contribution in [-0.4, -0.2) is 41.3 Å². The van der Waals surface area contributed by atoms with E-state index in [2.05, 4.69) is 0 Å². The number of carbonyl (C=O) groups is 1. The van der Waals surface area contributed by atoms with Gasteiger partial charge in [-0.3, -0.25) is 4.79 Å². The first kappa shape index (κ1) is 28.0. The summed E-state index contributed by atoms with van der Waals surface area (Å²) in [6, 6.07) is 12.3. The SMILES string of the molecule is COc1ccc(C(=O)/C=C\Cc2cc(OC)c(Cl)cc2/C=C\c2cc(OC)c(OC)c(OC)c2)cc1Cl. The van der Waals surface area contributed by atoms with Crippen LogP contribution in [0.1, 0.15) is 27.0 Å². The van der Waals surface area contributed by atoms with Crippen LogP contribution in [0.2, 0.25) is 10.0 Å². The Morgan fingerprint density at radius 3 is 1.92 bits per heavy atom. The fourth-order valence-electron chi connectivity index (χ4n) is 3.69. The predicted molar refractivity (Wildman–Crippen MR) is 148 cm³/mol. The first-order valence-corrected chi connectivity index (χ1v) is 12.0. The second-order valence-corrected chi connectivity index (χ2v) is 8.61. The fourth-order valence-corrected chi connectivity index (χ4v) is 4.20. The second-order valence-electron chi connectivity index (χ2n) is 7.80. The molecule has 0 aliphatic carbocycles. The maximum absolute atomic E-state index is 12.7. The van der Waals surface area contributed by atoms with Crippen LogP contribution >= 0.6 is 23.2 Å². The molecule has 0 aliphatic rings. The molecule has 194 valence electrons. The molecule has 0 bridgehead atoms. The molecule has 3 aromatic carbocycles. The number of ether oxygens (including phenoxy) is 5. The van der Waals surface area contributed by atoms with Gasteiger partial charge in [0.1, 0.15) is 11.5 Å². The quantitative estimate of drug-likeness (QED) is 0.145. The van der Waals surface area contributed by atoms with Gasteiger partial charge in [-0.05, 0) is 71.7 Å². The van der Waals surface area contributed by atoms with E-state index in [1.165, 1.54) is 13.2 Å². The number of hydrogen-bond acceptors (Lipinski definition) is 6. The minimum absolute atomic E-state index is 0.167. The fraction of sp³-hybridized carbons (Fsp3) is 0.207. The molecule has 3 aromatic rings. The third-order valence-electron chi connectivity index (χ3n) is 5.60. The number of ketones is 1. The van der Waals surface area contributed by atoms with E-state index in [1.807, 2.05) is 36.4 Å². The van der Waals surface area contributed by atoms with Gasteiger partial charge in [-0.1, -0.05) is 41.4 Å². The summed E-state index contributed by atoms with van der Waals surface area (Å²) in [5.41, 5.74) is 3.10. The van der Waals surface area contributed by atoms with Gasteiger partial charge in [0.2, 0.25) is 5.75 Å². The molecule has 37 heavy (non-hydrogen) atoms. The number of hydrogen-bond donors (Lipinski definition) is 0. The molecule has 0 saturated heterocycles. The zero-order valence-electron chi connectivity index (χ0n) is 21.3. The van der Waals surface area contributed by atoms with E-state index in [-0.39, 0.29) is 5.78 Å². The Morgan fingerprint density at radius 1 is 0.730 bits per heavy atom. The van der Waals surface area contributed by atoms with Gasteiger partial charge in [0.15, 0.2) is 17.3 Å². The summed E-state index contributed by atoms with van der Waals surface area (Å²) >= 11 is 12.6. The minimum atomic E-state index is -0.167. The number of allylic oxidation sites excluding steroid dienone is 2. The molecule has 0 aromatic heterocycles. The largest absolute Gasteiger partial charge is 0.495 e. The highest BCUT2D eigenvalue weighted by Gasteiger charge is 2.13. The van der Waals surface area contributed by atoms with Crippen molar-refractivity contribution < 1.29 is 28.5 Å². The Hall–Kier alpha value is -3.61. The lowest BCUT2D eigenvalue weighted by molar-refractivity contribution is 0.104. The molecule has 6 nitrogen and oxygen atoms in total. The Morgan fingerprint density at radius 2 is 1.35 bits per heavy atom. The van der Waals surface area contributed by atoms with Crippen molar-refractivity contribution in [3.63, 3.8) is 0 Å². The molecule has 3 rings (SSSR count). The summed E-state index contributed by atoms with van der Waals surface area (Å²) < 4.78 is 26.8. The average molecular weight is 543 g/mol. The Bertz CT molecular complexity index is 1310. The van der Waals surface area contributed by atoms with Crippen LogP contribution in [0.25, 0.3) is 12.2 Å². The van der Waals surface area contributed by atoms with Crippen molar-refractivity contribution >= 4 is 41.1 Å². The van der Waals surface area contributed by atoms with Crippen molar-refractivity contribution in [1.82, 2.24) is 0 Å². The molecule has 0 fully saturated rings. The van der Waals surface area contributed by atoms with Crippen LogP contribution in [0.5, 0.6) is 28.7 Å². The van der Waals surface area contributed by atoms with E-state index in [1.54, 1.807) is 52.7 Å². The maximum Gasteiger partial charge on any atom is 0.203 e. The summed E-state index contributed by atoms with van der Waals surface area (Å²) in [5, 5.41) is 0.854. The molecule has 0 amide bonds. The smallest absolute Gasteiger partial charge is 0.203 e. The highest BCUT2D eigenvalue weighted by atomic mass is 35.5. The lowest BCUT2D eigenvalue weighted by Crippen LogP contribution is -1.97. The number of methoxy groups -OCH3 is 5. The predicted octanol–water partition coefficient (Wildman–Crippen LogP) is 7.19. The lowest BCUT2D eigenvalue weighted by atomic mass is 10.0. The van der Waals surface area contributed by atoms with E-state index < -0.39 is 0 Å². The molecule has 0 unspecified atom stereocenters. The van der Waals surface area contributed by atoms with Gasteiger partial charge in [-0.2, -0.15) is 0 Å². The molecule has 0 saturated carbocycles. The van der Waals surface area contributed by atoms with Crippen molar-refractivity contribution in [2.75, 3.05) is 35.5 Å². The Balaban J connectivity index is 1.89. The monoisotopic (exact) mass is 542 g/mol. The zero-order valence-corrected chi connectivity index (χ0v) is 22.8. The van der Waals surface area contributed by atoms with Gasteiger partial charge >= 0.3 is 0 Å². The molecular formula is C29H28Cl2O6. The standard InChI is InChI=1S/C29H28Cl2O6/c1-33-25-12-11-21(16-22(25)30)24(32)8-6-7-19-17-26(34-2)23(31)15-20(19)10-9-18-13-27(35-3)29(37-5)28(14-18)36-4/h6,8-17H,7H2,1-5H3/b8-6-,10-9-. The molecule has 8 heteroatoms. The molecule has 0 N–H and O–H groups in total. The highest BCUT2D eigenvalue weighted by Crippen LogP contribution is 2.39. The topological polar surface area (TPSA) is 63.2 Å². The van der Waals surface area contributed by atoms with Crippen LogP contribution in [0.4, 0.5) is 0 Å². The summed E-state index contributed by atoms with van der Waals surface area (Å²) in [5.74, 6) is 2.51. The number of benzene rings is 3. The van der Waals surface area contributed by atoms with Crippen LogP contribution in [0.15, 0.2) is 54.6 Å². The molecule has 0 spiro atoms. The van der Waals surface area contributed by atoms with Gasteiger partial charge in [0, 0.05) is 5.56 Å². The third kappa shape index (κ3) is 6.79. The van der Waals surface area contributed by atoms with Gasteiger partial charge < -0.3 is 23.7 Å². The Kier molecular flexibility index (Phi) is 9.89. The van der Waals surface area contributed by atoms with E-state index >= 15 is 0 Å². The third-order valence-corrected chi connectivity index (χ3v) is 6.19. The molecule has 0 heterocycles. The van der Waals surface area contributed by atoms with Crippen LogP contribution in [-0.2, 0) is 6.42 Å². The van der Waals surface area contributed by atoms with Crippen molar-refractivity contribution in [2.45, 2.75) is 6.42 Å². The zero-order chi connectivity index (χ0) is 26.9. The van der Waals surface area contributed by atoms with E-state index in [4.69, 9.17) is 46.9 Å². The molecular weight excluding hydrogens is 515 g/mol. The second kappa shape index (κ2) is 13.1. The maximum atomic E-state index is 12.7. The number of rotatable bonds is 11. The average Bonchev–Trinajstić information content (AvgIpc) is 2.91. The first-order chi connectivity index (χ1) is 17.8. The van der Waals surface area contributed by atoms with Gasteiger partial charge in [-0.25, -0.2) is 0 Å². The van der Waals surface area contributed by atoms with E-state index in [0.717, 1.165) is 16.7 Å².